The molecular weight excluding hydrogens is 284 g/mol. The summed E-state index contributed by atoms with van der Waals surface area (Å²) in [4.78, 5) is 21.6. The van der Waals surface area contributed by atoms with Crippen molar-refractivity contribution in [2.45, 2.75) is 26.3 Å². The maximum Gasteiger partial charge on any atom is 0.338 e. The first-order valence-corrected chi connectivity index (χ1v) is 6.19. The Kier molecular flexibility index (Phi) is 8.51. The smallest absolute Gasteiger partial charge is 0.338 e. The second-order valence-corrected chi connectivity index (χ2v) is 4.20. The van der Waals surface area contributed by atoms with E-state index < -0.39 is 10.9 Å². The molecule has 1 aromatic carbocycles. The van der Waals surface area contributed by atoms with Gasteiger partial charge >= 0.3 is 5.97 Å². The fourth-order valence-electron chi connectivity index (χ4n) is 1.40. The average molecular weight is 303 g/mol. The maximum absolute atomic E-state index is 11.6. The third-order valence-electron chi connectivity index (χ3n) is 2.75. The number of hydrogen-bond donors (Lipinski definition) is 1. The number of benzene rings is 1. The van der Waals surface area contributed by atoms with Crippen molar-refractivity contribution < 1.29 is 14.5 Å². The third-order valence-corrected chi connectivity index (χ3v) is 2.75. The van der Waals surface area contributed by atoms with Crippen LogP contribution in [0.2, 0.25) is 0 Å². The van der Waals surface area contributed by atoms with Gasteiger partial charge in [0.15, 0.2) is 0 Å². The van der Waals surface area contributed by atoms with Gasteiger partial charge in [0, 0.05) is 24.7 Å². The predicted molar refractivity (Wildman–Crippen MR) is 78.4 cm³/mol. The Hall–Kier alpha value is -1.66. The normalized spacial score (nSPS) is 11.3. The second kappa shape index (κ2) is 9.28. The highest BCUT2D eigenvalue weighted by Gasteiger charge is 2.10. The Morgan fingerprint density at radius 2 is 2.00 bits per heavy atom. The van der Waals surface area contributed by atoms with Crippen LogP contribution in [-0.2, 0) is 4.74 Å². The summed E-state index contributed by atoms with van der Waals surface area (Å²) >= 11 is 0. The molecule has 0 heterocycles. The topological polar surface area (TPSA) is 81.5 Å². The van der Waals surface area contributed by atoms with Crippen LogP contribution in [0.3, 0.4) is 0 Å². The number of nitro benzene ring substituents is 1. The van der Waals surface area contributed by atoms with Crippen molar-refractivity contribution in [1.29, 1.82) is 0 Å². The van der Waals surface area contributed by atoms with Gasteiger partial charge in [-0.3, -0.25) is 10.1 Å². The SMILES string of the molecule is CCC(C)NCCOC(=O)c1ccc([N+](=O)[O-])cc1.Cl. The number of ether oxygens (including phenoxy) is 1. The van der Waals surface area contributed by atoms with Gasteiger partial charge in [0.2, 0.25) is 0 Å². The quantitative estimate of drug-likeness (QED) is 0.362. The number of nitrogens with zero attached hydrogens (tertiary/aromatic N) is 1. The molecule has 7 heteroatoms. The molecule has 0 saturated carbocycles. The van der Waals surface area contributed by atoms with Gasteiger partial charge in [0.1, 0.15) is 6.61 Å². The fourth-order valence-corrected chi connectivity index (χ4v) is 1.40. The zero-order valence-corrected chi connectivity index (χ0v) is 12.3. The first-order valence-electron chi connectivity index (χ1n) is 6.19. The minimum atomic E-state index is -0.509. The molecule has 6 nitrogen and oxygen atoms in total. The summed E-state index contributed by atoms with van der Waals surface area (Å²) in [6.45, 7) is 4.99. The number of nitro groups is 1. The van der Waals surface area contributed by atoms with Crippen molar-refractivity contribution in [3.05, 3.63) is 39.9 Å². The fraction of sp³-hybridized carbons (Fsp3) is 0.462. The summed E-state index contributed by atoms with van der Waals surface area (Å²) in [5, 5.41) is 13.7. The molecule has 0 amide bonds. The molecule has 1 unspecified atom stereocenters. The van der Waals surface area contributed by atoms with Gasteiger partial charge in [0.25, 0.3) is 5.69 Å². The largest absolute Gasteiger partial charge is 0.461 e. The molecule has 1 aromatic rings. The Balaban J connectivity index is 0.00000361. The van der Waals surface area contributed by atoms with Crippen molar-refractivity contribution in [3.63, 3.8) is 0 Å². The molecule has 0 aromatic heterocycles. The highest BCUT2D eigenvalue weighted by Crippen LogP contribution is 2.12. The molecular formula is C13H19ClN2O4. The number of halogens is 1. The summed E-state index contributed by atoms with van der Waals surface area (Å²) < 4.78 is 5.05. The summed E-state index contributed by atoms with van der Waals surface area (Å²) in [6.07, 6.45) is 1.01. The summed E-state index contributed by atoms with van der Waals surface area (Å²) in [6, 6.07) is 5.74. The molecule has 0 fully saturated rings. The van der Waals surface area contributed by atoms with Crippen molar-refractivity contribution in [1.82, 2.24) is 5.32 Å². The van der Waals surface area contributed by atoms with Crippen LogP contribution < -0.4 is 5.32 Å². The van der Waals surface area contributed by atoms with E-state index in [2.05, 4.69) is 19.2 Å². The van der Waals surface area contributed by atoms with Crippen molar-refractivity contribution >= 4 is 24.1 Å². The summed E-state index contributed by atoms with van der Waals surface area (Å²) in [7, 11) is 0. The number of hydrogen-bond acceptors (Lipinski definition) is 5. The van der Waals surface area contributed by atoms with Crippen LogP contribution in [0.4, 0.5) is 5.69 Å². The van der Waals surface area contributed by atoms with Crippen LogP contribution in [0.1, 0.15) is 30.6 Å². The molecule has 1 atom stereocenters. The second-order valence-electron chi connectivity index (χ2n) is 4.20. The molecule has 0 radical (unpaired) electrons. The molecule has 0 aliphatic rings. The monoisotopic (exact) mass is 302 g/mol. The third kappa shape index (κ3) is 5.99. The lowest BCUT2D eigenvalue weighted by atomic mass is 10.2. The highest BCUT2D eigenvalue weighted by atomic mass is 35.5. The minimum absolute atomic E-state index is 0. The van der Waals surface area contributed by atoms with E-state index in [1.54, 1.807) is 0 Å². The molecule has 0 spiro atoms. The Bertz CT molecular complexity index is 437. The van der Waals surface area contributed by atoms with Crippen LogP contribution in [0.25, 0.3) is 0 Å². The predicted octanol–water partition coefficient (Wildman–Crippen LogP) is 2.56. The van der Waals surface area contributed by atoms with Gasteiger partial charge in [-0.2, -0.15) is 0 Å². The Labute approximate surface area is 124 Å². The number of esters is 1. The molecule has 0 aliphatic carbocycles. The van der Waals surface area contributed by atoms with E-state index in [0.717, 1.165) is 6.42 Å². The maximum atomic E-state index is 11.6. The van der Waals surface area contributed by atoms with Crippen LogP contribution >= 0.6 is 12.4 Å². The standard InChI is InChI=1S/C13H18N2O4.ClH/c1-3-10(2)14-8-9-19-13(16)11-4-6-12(7-5-11)15(17)18;/h4-7,10,14H,3,8-9H2,1-2H3;1H. The Morgan fingerprint density at radius 3 is 2.50 bits per heavy atom. The van der Waals surface area contributed by atoms with Gasteiger partial charge in [-0.05, 0) is 25.5 Å². The molecule has 1 N–H and O–H groups in total. The van der Waals surface area contributed by atoms with Crippen molar-refractivity contribution in [2.75, 3.05) is 13.2 Å². The van der Waals surface area contributed by atoms with E-state index in [9.17, 15) is 14.9 Å². The molecule has 0 aliphatic heterocycles. The van der Waals surface area contributed by atoms with E-state index in [1.807, 2.05) is 0 Å². The van der Waals surface area contributed by atoms with E-state index in [4.69, 9.17) is 4.74 Å². The number of non-ortho nitro benzene ring substituents is 1. The molecule has 1 rings (SSSR count). The van der Waals surface area contributed by atoms with E-state index in [1.165, 1.54) is 24.3 Å². The minimum Gasteiger partial charge on any atom is -0.461 e. The first-order chi connectivity index (χ1) is 9.04. The van der Waals surface area contributed by atoms with Gasteiger partial charge in [-0.1, -0.05) is 6.92 Å². The summed E-state index contributed by atoms with van der Waals surface area (Å²) in [5.74, 6) is -0.471. The van der Waals surface area contributed by atoms with Gasteiger partial charge in [0.05, 0.1) is 10.5 Å². The highest BCUT2D eigenvalue weighted by molar-refractivity contribution is 5.89. The number of carbonyl (C=O) groups is 1. The van der Waals surface area contributed by atoms with E-state index in [0.29, 0.717) is 18.2 Å². The van der Waals surface area contributed by atoms with Gasteiger partial charge in [-0.25, -0.2) is 4.79 Å². The van der Waals surface area contributed by atoms with Crippen molar-refractivity contribution in [2.24, 2.45) is 0 Å². The zero-order chi connectivity index (χ0) is 14.3. The van der Waals surface area contributed by atoms with Crippen molar-refractivity contribution in [3.8, 4) is 0 Å². The van der Waals surface area contributed by atoms with Crippen LogP contribution in [0, 0.1) is 10.1 Å². The Morgan fingerprint density at radius 1 is 1.40 bits per heavy atom. The number of nitrogens with one attached hydrogen (secondary N) is 1. The lowest BCUT2D eigenvalue weighted by Gasteiger charge is -2.11. The molecule has 0 saturated heterocycles. The first kappa shape index (κ1) is 18.3. The molecule has 0 bridgehead atoms. The van der Waals surface area contributed by atoms with Gasteiger partial charge < -0.3 is 10.1 Å². The van der Waals surface area contributed by atoms with E-state index >= 15 is 0 Å². The van der Waals surface area contributed by atoms with Gasteiger partial charge in [-0.15, -0.1) is 12.4 Å². The van der Waals surface area contributed by atoms with E-state index in [-0.39, 0.29) is 24.7 Å². The molecule has 20 heavy (non-hydrogen) atoms. The number of carbonyl (C=O) groups excluding carboxylic acids is 1. The average Bonchev–Trinajstić information content (AvgIpc) is 2.43. The lowest BCUT2D eigenvalue weighted by molar-refractivity contribution is -0.384. The van der Waals surface area contributed by atoms with Crippen LogP contribution in [0.15, 0.2) is 24.3 Å². The lowest BCUT2D eigenvalue weighted by Crippen LogP contribution is -2.29. The van der Waals surface area contributed by atoms with Crippen LogP contribution in [0.5, 0.6) is 0 Å². The molecule has 112 valence electrons. The summed E-state index contributed by atoms with van der Waals surface area (Å²) in [5.41, 5.74) is 0.268. The van der Waals surface area contributed by atoms with Crippen LogP contribution in [-0.4, -0.2) is 30.1 Å². The number of rotatable bonds is 7. The zero-order valence-electron chi connectivity index (χ0n) is 11.5.